The summed E-state index contributed by atoms with van der Waals surface area (Å²) in [6.07, 6.45) is 0. The molecule has 0 saturated carbocycles. The molecule has 1 aromatic rings. The van der Waals surface area contributed by atoms with Gasteiger partial charge < -0.3 is 24.8 Å². The fraction of sp³-hybridized carbons (Fsp3) is 0.421. The van der Waals surface area contributed by atoms with Crippen LogP contribution in [0.4, 0.5) is 0 Å². The molecular formula is C19H26Cl2NO2SiTi. The third-order valence-corrected chi connectivity index (χ3v) is 7.35. The first-order valence-electron chi connectivity index (χ1n) is 8.33. The molecule has 3 nitrogen and oxygen atoms in total. The van der Waals surface area contributed by atoms with Gasteiger partial charge >= 0.3 is 159 Å². The number of halogens is 2. The predicted octanol–water partition coefficient (Wildman–Crippen LogP) is -2.65. The van der Waals surface area contributed by atoms with Gasteiger partial charge in [-0.1, -0.05) is 0 Å². The van der Waals surface area contributed by atoms with Gasteiger partial charge in [0.15, 0.2) is 0 Å². The van der Waals surface area contributed by atoms with E-state index in [9.17, 15) is 4.79 Å². The van der Waals surface area contributed by atoms with Crippen molar-refractivity contribution in [3.05, 3.63) is 40.0 Å². The summed E-state index contributed by atoms with van der Waals surface area (Å²) >= 11 is 1.69. The molecule has 1 aliphatic carbocycles. The largest absolute Gasteiger partial charge is 1.00 e. The van der Waals surface area contributed by atoms with Crippen LogP contribution in [0.1, 0.15) is 43.6 Å². The zero-order valence-corrected chi connectivity index (χ0v) is 20.6. The number of nitrogens with one attached hydrogen (secondary N) is 1. The Labute approximate surface area is 183 Å². The van der Waals surface area contributed by atoms with Crippen LogP contribution >= 0.6 is 0 Å². The molecule has 1 atom stereocenters. The van der Waals surface area contributed by atoms with Crippen LogP contribution in [-0.4, -0.2) is 21.8 Å². The average Bonchev–Trinajstić information content (AvgIpc) is 2.76. The summed E-state index contributed by atoms with van der Waals surface area (Å²) in [4.78, 5) is 12.6. The minimum absolute atomic E-state index is 0. The van der Waals surface area contributed by atoms with Crippen LogP contribution < -0.4 is 38.5 Å². The molecule has 0 radical (unpaired) electrons. The Morgan fingerprint density at radius 3 is 2.12 bits per heavy atom. The topological polar surface area (TPSA) is 38.3 Å². The van der Waals surface area contributed by atoms with Crippen LogP contribution in [0, 0.1) is 5.92 Å². The number of amides is 1. The predicted molar refractivity (Wildman–Crippen MR) is 99.1 cm³/mol. The third kappa shape index (κ3) is 4.31. The fourth-order valence-corrected chi connectivity index (χ4v) is 5.55. The second-order valence-electron chi connectivity index (χ2n) is 6.78. The molecule has 0 saturated heterocycles. The molecule has 1 unspecified atom stereocenters. The number of hydrogen-bond donors (Lipinski definition) is 1. The smallest absolute Gasteiger partial charge is 1.00 e. The van der Waals surface area contributed by atoms with Gasteiger partial charge in [0.2, 0.25) is 0 Å². The van der Waals surface area contributed by atoms with E-state index in [2.05, 4.69) is 44.6 Å². The van der Waals surface area contributed by atoms with Crippen molar-refractivity contribution in [3.63, 3.8) is 0 Å². The van der Waals surface area contributed by atoms with Crippen LogP contribution in [0.2, 0.25) is 13.1 Å². The normalized spacial score (nSPS) is 16.5. The third-order valence-electron chi connectivity index (χ3n) is 5.27. The van der Waals surface area contributed by atoms with E-state index in [-0.39, 0.29) is 30.7 Å². The van der Waals surface area contributed by atoms with Crippen molar-refractivity contribution in [3.8, 4) is 5.75 Å². The van der Waals surface area contributed by atoms with E-state index in [1.165, 1.54) is 27.5 Å². The Kier molecular flexibility index (Phi) is 9.94. The minimum atomic E-state index is -1.21. The number of allylic oxidation sites excluding steroid dienone is 4. The van der Waals surface area contributed by atoms with Crippen molar-refractivity contribution in [2.24, 2.45) is 5.92 Å². The number of methoxy groups -OCH3 is 1. The van der Waals surface area contributed by atoms with Gasteiger partial charge in [0.25, 0.3) is 0 Å². The Bertz CT molecular complexity index is 760. The maximum Gasteiger partial charge on any atom is -1.00 e. The van der Waals surface area contributed by atoms with Gasteiger partial charge in [-0.2, -0.15) is 0 Å². The average molecular weight is 447 g/mol. The molecular weight excluding hydrogens is 421 g/mol. The molecule has 2 rings (SSSR count). The summed E-state index contributed by atoms with van der Waals surface area (Å²) in [6.45, 7) is 13.4. The summed E-state index contributed by atoms with van der Waals surface area (Å²) in [5.74, 6) is 1.21. The number of benzene rings is 1. The maximum absolute atomic E-state index is 12.6. The van der Waals surface area contributed by atoms with E-state index in [1.54, 1.807) is 27.8 Å². The van der Waals surface area contributed by atoms with Crippen LogP contribution in [0.3, 0.4) is 0 Å². The zero-order valence-electron chi connectivity index (χ0n) is 16.4. The summed E-state index contributed by atoms with van der Waals surface area (Å²) in [5, 5.41) is 1.25. The number of carbonyl (C=O) groups excluding carboxylic acids is 1. The number of ether oxygens (including phenoxy) is 1. The van der Waals surface area contributed by atoms with E-state index >= 15 is 0 Å². The first-order chi connectivity index (χ1) is 11.3. The molecule has 1 aliphatic rings. The summed E-state index contributed by atoms with van der Waals surface area (Å²) in [5.41, 5.74) is 7.20. The van der Waals surface area contributed by atoms with Gasteiger partial charge in [-0.3, -0.25) is 0 Å². The van der Waals surface area contributed by atoms with Crippen LogP contribution in [0.15, 0.2) is 28.9 Å². The molecule has 1 N–H and O–H groups in total. The van der Waals surface area contributed by atoms with E-state index in [1.807, 2.05) is 12.1 Å². The monoisotopic (exact) mass is 446 g/mol. The summed E-state index contributed by atoms with van der Waals surface area (Å²) in [6, 6.07) is 3.85. The molecule has 1 amide bonds. The molecule has 26 heavy (non-hydrogen) atoms. The van der Waals surface area contributed by atoms with Crippen LogP contribution in [0.5, 0.6) is 5.75 Å². The molecule has 0 fully saturated rings. The molecule has 0 heterocycles. The van der Waals surface area contributed by atoms with Gasteiger partial charge in [-0.25, -0.2) is 0 Å². The molecule has 7 heteroatoms. The van der Waals surface area contributed by atoms with Crippen LogP contribution in [-0.2, 0) is 20.7 Å². The Hall–Kier alpha value is -0.519. The van der Waals surface area contributed by atoms with Gasteiger partial charge in [-0.15, -0.1) is 0 Å². The number of carbonyl (C=O) groups is 1. The second-order valence-corrected chi connectivity index (χ2v) is 10.1. The van der Waals surface area contributed by atoms with Gasteiger partial charge in [0, 0.05) is 0 Å². The van der Waals surface area contributed by atoms with Gasteiger partial charge in [0.05, 0.1) is 0 Å². The van der Waals surface area contributed by atoms with E-state index in [0.717, 1.165) is 16.9 Å². The van der Waals surface area contributed by atoms with E-state index in [0.29, 0.717) is 5.92 Å². The Morgan fingerprint density at radius 2 is 1.73 bits per heavy atom. The van der Waals surface area contributed by atoms with Crippen molar-refractivity contribution < 1.29 is 55.0 Å². The second kappa shape index (κ2) is 10.1. The number of rotatable bonds is 4. The molecule has 0 aliphatic heterocycles. The molecule has 141 valence electrons. The zero-order chi connectivity index (χ0) is 18.2. The summed E-state index contributed by atoms with van der Waals surface area (Å²) < 4.78 is 8.47. The summed E-state index contributed by atoms with van der Waals surface area (Å²) in [7, 11) is 0.501. The molecule has 0 aromatic heterocycles. The van der Waals surface area contributed by atoms with E-state index in [4.69, 9.17) is 4.74 Å². The molecule has 0 spiro atoms. The SMILES string of the molecule is COc1ccc(C(=O)[NH][Ti+2])c(C2=C(C)C(C)=C(C)C2C)c1[SiH](C)C.[Cl-].[Cl-]. The fourth-order valence-electron chi connectivity index (χ4n) is 3.67. The quantitative estimate of drug-likeness (QED) is 0.513. The van der Waals surface area contributed by atoms with Crippen molar-refractivity contribution in [2.45, 2.75) is 40.8 Å². The first-order valence-corrected chi connectivity index (χ1v) is 12.0. The standard InChI is InChI=1S/C19H27NO2Si.2ClH.Ti/c1-10-11(2)13(4)16(12(10)3)17-14(19(20)21)8-9-15(22-5)18(17)23(6)7;;;/h8-9,12,23H,1-7H3,(H2,20,21);2*1H;/q;;;+3/p-3. The van der Waals surface area contributed by atoms with Crippen molar-refractivity contribution >= 4 is 25.5 Å². The van der Waals surface area contributed by atoms with Crippen molar-refractivity contribution in [1.29, 1.82) is 0 Å². The Morgan fingerprint density at radius 1 is 1.15 bits per heavy atom. The Balaban J connectivity index is 0.00000312. The van der Waals surface area contributed by atoms with E-state index < -0.39 is 8.80 Å². The van der Waals surface area contributed by atoms with Gasteiger partial charge in [-0.05, 0) is 0 Å². The van der Waals surface area contributed by atoms with Gasteiger partial charge in [0.1, 0.15) is 0 Å². The molecule has 0 bridgehead atoms. The number of hydrogen-bond acceptors (Lipinski definition) is 2. The van der Waals surface area contributed by atoms with Crippen LogP contribution in [0.25, 0.3) is 5.57 Å². The maximum atomic E-state index is 12.6. The van der Waals surface area contributed by atoms with Crippen molar-refractivity contribution in [2.75, 3.05) is 7.11 Å². The van der Waals surface area contributed by atoms with Crippen molar-refractivity contribution in [1.82, 2.24) is 3.80 Å². The first kappa shape index (κ1) is 25.5. The minimum Gasteiger partial charge on any atom is -1.00 e. The molecule has 1 aromatic carbocycles.